The summed E-state index contributed by atoms with van der Waals surface area (Å²) < 4.78 is 1.85. The summed E-state index contributed by atoms with van der Waals surface area (Å²) in [6, 6.07) is 2.08. The molecular formula is C13H19N7. The fourth-order valence-corrected chi connectivity index (χ4v) is 2.68. The molecule has 0 saturated carbocycles. The van der Waals surface area contributed by atoms with E-state index >= 15 is 0 Å². The molecule has 7 nitrogen and oxygen atoms in total. The number of aromatic nitrogens is 5. The Morgan fingerprint density at radius 2 is 2.15 bits per heavy atom. The Bertz CT molecular complexity index is 586. The van der Waals surface area contributed by atoms with Crippen molar-refractivity contribution in [1.29, 1.82) is 0 Å². The van der Waals surface area contributed by atoms with Gasteiger partial charge in [0.15, 0.2) is 0 Å². The van der Waals surface area contributed by atoms with E-state index < -0.39 is 0 Å². The van der Waals surface area contributed by atoms with Crippen molar-refractivity contribution in [2.45, 2.75) is 25.7 Å². The third-order valence-corrected chi connectivity index (χ3v) is 3.61. The molecule has 1 fully saturated rings. The Hall–Kier alpha value is -2.18. The predicted octanol–water partition coefficient (Wildman–Crippen LogP) is 0.880. The predicted molar refractivity (Wildman–Crippen MR) is 76.4 cm³/mol. The molecule has 2 aromatic rings. The van der Waals surface area contributed by atoms with Gasteiger partial charge in [-0.3, -0.25) is 4.68 Å². The van der Waals surface area contributed by atoms with Crippen LogP contribution in [0, 0.1) is 6.92 Å². The molecule has 2 N–H and O–H groups in total. The van der Waals surface area contributed by atoms with E-state index in [1.165, 1.54) is 0 Å². The summed E-state index contributed by atoms with van der Waals surface area (Å²) in [5.74, 6) is 2.04. The minimum Gasteiger partial charge on any atom is -0.368 e. The summed E-state index contributed by atoms with van der Waals surface area (Å²) in [6.45, 7) is 3.66. The number of nitrogens with zero attached hydrogens (tertiary/aromatic N) is 6. The summed E-state index contributed by atoms with van der Waals surface area (Å²) in [6.07, 6.45) is 4.23. The lowest BCUT2D eigenvalue weighted by atomic mass is 9.95. The Morgan fingerprint density at radius 3 is 2.85 bits per heavy atom. The lowest BCUT2D eigenvalue weighted by Gasteiger charge is -2.32. The average Bonchev–Trinajstić information content (AvgIpc) is 2.85. The van der Waals surface area contributed by atoms with Gasteiger partial charge in [-0.05, 0) is 25.8 Å². The average molecular weight is 273 g/mol. The molecule has 0 amide bonds. The van der Waals surface area contributed by atoms with Crippen molar-refractivity contribution in [3.05, 3.63) is 23.8 Å². The molecule has 2 aromatic heterocycles. The molecule has 0 spiro atoms. The number of nitrogen functional groups attached to an aromatic ring is 1. The Labute approximate surface area is 117 Å². The molecule has 3 heterocycles. The number of aryl methyl sites for hydroxylation is 2. The van der Waals surface area contributed by atoms with Gasteiger partial charge in [-0.15, -0.1) is 0 Å². The summed E-state index contributed by atoms with van der Waals surface area (Å²) in [5, 5.41) is 4.51. The summed E-state index contributed by atoms with van der Waals surface area (Å²) >= 11 is 0. The van der Waals surface area contributed by atoms with Crippen LogP contribution in [0.15, 0.2) is 12.3 Å². The van der Waals surface area contributed by atoms with E-state index in [4.69, 9.17) is 5.73 Å². The van der Waals surface area contributed by atoms with Gasteiger partial charge in [-0.2, -0.15) is 20.1 Å². The number of piperidine rings is 1. The second kappa shape index (κ2) is 5.07. The van der Waals surface area contributed by atoms with Crippen LogP contribution in [0.4, 0.5) is 11.9 Å². The van der Waals surface area contributed by atoms with Gasteiger partial charge in [0.05, 0.1) is 5.69 Å². The molecule has 7 heteroatoms. The first-order valence-corrected chi connectivity index (χ1v) is 6.84. The Kier molecular flexibility index (Phi) is 3.25. The first-order chi connectivity index (χ1) is 9.61. The van der Waals surface area contributed by atoms with Crippen LogP contribution in [-0.2, 0) is 7.05 Å². The van der Waals surface area contributed by atoms with Gasteiger partial charge in [0.1, 0.15) is 5.82 Å². The van der Waals surface area contributed by atoms with Crippen LogP contribution < -0.4 is 10.6 Å². The maximum atomic E-state index is 5.71. The molecule has 3 rings (SSSR count). The van der Waals surface area contributed by atoms with Crippen LogP contribution in [0.5, 0.6) is 0 Å². The summed E-state index contributed by atoms with van der Waals surface area (Å²) in [7, 11) is 1.94. The molecule has 0 aromatic carbocycles. The molecule has 20 heavy (non-hydrogen) atoms. The smallest absolute Gasteiger partial charge is 0.230 e. The van der Waals surface area contributed by atoms with Gasteiger partial charge in [-0.1, -0.05) is 0 Å². The monoisotopic (exact) mass is 273 g/mol. The normalized spacial score (nSPS) is 19.3. The van der Waals surface area contributed by atoms with Crippen LogP contribution in [0.1, 0.15) is 30.3 Å². The molecule has 1 aliphatic heterocycles. The molecule has 1 atom stereocenters. The van der Waals surface area contributed by atoms with Gasteiger partial charge in [0.2, 0.25) is 11.9 Å². The molecule has 0 bridgehead atoms. The molecule has 0 radical (unpaired) electrons. The van der Waals surface area contributed by atoms with Crippen LogP contribution >= 0.6 is 0 Å². The fourth-order valence-electron chi connectivity index (χ4n) is 2.68. The zero-order chi connectivity index (χ0) is 14.1. The Balaban J connectivity index is 1.81. The molecule has 1 saturated heterocycles. The van der Waals surface area contributed by atoms with E-state index in [-0.39, 0.29) is 5.95 Å². The van der Waals surface area contributed by atoms with Gasteiger partial charge in [0, 0.05) is 32.3 Å². The molecule has 106 valence electrons. The zero-order valence-electron chi connectivity index (χ0n) is 11.8. The van der Waals surface area contributed by atoms with Crippen molar-refractivity contribution >= 4 is 11.9 Å². The maximum Gasteiger partial charge on any atom is 0.230 e. The highest BCUT2D eigenvalue weighted by Crippen LogP contribution is 2.27. The lowest BCUT2D eigenvalue weighted by molar-refractivity contribution is 0.490. The van der Waals surface area contributed by atoms with Crippen LogP contribution in [-0.4, -0.2) is 37.8 Å². The topological polar surface area (TPSA) is 85.8 Å². The number of nitrogens with two attached hydrogens (primary N) is 1. The number of hydrogen-bond acceptors (Lipinski definition) is 6. The second-order valence-electron chi connectivity index (χ2n) is 5.24. The van der Waals surface area contributed by atoms with E-state index in [1.54, 1.807) is 0 Å². The highest BCUT2D eigenvalue weighted by atomic mass is 15.3. The van der Waals surface area contributed by atoms with E-state index in [0.717, 1.165) is 31.6 Å². The number of rotatable bonds is 2. The largest absolute Gasteiger partial charge is 0.368 e. The number of hydrogen-bond donors (Lipinski definition) is 1. The molecular weight excluding hydrogens is 254 g/mol. The van der Waals surface area contributed by atoms with Crippen molar-refractivity contribution in [2.75, 3.05) is 23.7 Å². The van der Waals surface area contributed by atoms with Gasteiger partial charge < -0.3 is 10.6 Å². The summed E-state index contributed by atoms with van der Waals surface area (Å²) in [5.41, 5.74) is 6.85. The molecule has 1 unspecified atom stereocenters. The number of anilines is 2. The third kappa shape index (κ3) is 2.56. The van der Waals surface area contributed by atoms with Gasteiger partial charge in [-0.25, -0.2) is 0 Å². The van der Waals surface area contributed by atoms with Crippen LogP contribution in [0.2, 0.25) is 0 Å². The van der Waals surface area contributed by atoms with E-state index in [2.05, 4.69) is 31.0 Å². The first kappa shape index (κ1) is 12.8. The van der Waals surface area contributed by atoms with E-state index in [1.807, 2.05) is 24.9 Å². The van der Waals surface area contributed by atoms with Crippen molar-refractivity contribution in [3.63, 3.8) is 0 Å². The molecule has 0 aliphatic carbocycles. The summed E-state index contributed by atoms with van der Waals surface area (Å²) in [4.78, 5) is 14.8. The highest BCUT2D eigenvalue weighted by Gasteiger charge is 2.25. The van der Waals surface area contributed by atoms with Crippen molar-refractivity contribution in [3.8, 4) is 0 Å². The minimum atomic E-state index is 0.285. The van der Waals surface area contributed by atoms with E-state index in [0.29, 0.717) is 17.7 Å². The maximum absolute atomic E-state index is 5.71. The fraction of sp³-hybridized carbons (Fsp3) is 0.538. The molecule has 1 aliphatic rings. The van der Waals surface area contributed by atoms with Gasteiger partial charge >= 0.3 is 0 Å². The lowest BCUT2D eigenvalue weighted by Crippen LogP contribution is -2.36. The zero-order valence-corrected chi connectivity index (χ0v) is 11.8. The van der Waals surface area contributed by atoms with Crippen molar-refractivity contribution in [1.82, 2.24) is 24.7 Å². The highest BCUT2D eigenvalue weighted by molar-refractivity contribution is 5.36. The minimum absolute atomic E-state index is 0.285. The Morgan fingerprint density at radius 1 is 1.30 bits per heavy atom. The van der Waals surface area contributed by atoms with Crippen molar-refractivity contribution in [2.24, 2.45) is 7.05 Å². The van der Waals surface area contributed by atoms with E-state index in [9.17, 15) is 0 Å². The van der Waals surface area contributed by atoms with Crippen LogP contribution in [0.25, 0.3) is 0 Å². The van der Waals surface area contributed by atoms with Crippen LogP contribution in [0.3, 0.4) is 0 Å². The standard InChI is InChI=1S/C13H19N7/c1-9-15-12(14)17-13(16-9)20-6-3-4-10(8-20)11-5-7-19(2)18-11/h5,7,10H,3-4,6,8H2,1-2H3,(H2,14,15,16,17). The van der Waals surface area contributed by atoms with Crippen molar-refractivity contribution < 1.29 is 0 Å². The first-order valence-electron chi connectivity index (χ1n) is 6.84. The third-order valence-electron chi connectivity index (χ3n) is 3.61. The quantitative estimate of drug-likeness (QED) is 0.874. The SMILES string of the molecule is Cc1nc(N)nc(N2CCCC(c3ccn(C)n3)C2)n1. The van der Waals surface area contributed by atoms with Gasteiger partial charge in [0.25, 0.3) is 0 Å². The second-order valence-corrected chi connectivity index (χ2v) is 5.24.